The number of rotatable bonds is 5. The third-order valence-electron chi connectivity index (χ3n) is 4.02. The Hall–Kier alpha value is -2.76. The van der Waals surface area contributed by atoms with Gasteiger partial charge in [0, 0.05) is 6.54 Å². The van der Waals surface area contributed by atoms with Crippen molar-refractivity contribution in [2.45, 2.75) is 18.9 Å². The minimum absolute atomic E-state index is 0.00494. The molecule has 1 atom stereocenters. The number of pyridine rings is 1. The van der Waals surface area contributed by atoms with Crippen molar-refractivity contribution in [2.75, 3.05) is 25.1 Å². The minimum Gasteiger partial charge on any atom is -0.493 e. The molecular formula is C18H20N2O4. The Balaban J connectivity index is 1.72. The summed E-state index contributed by atoms with van der Waals surface area (Å²) in [4.78, 5) is 17.4. The van der Waals surface area contributed by atoms with Crippen LogP contribution in [0, 0.1) is 0 Å². The Morgan fingerprint density at radius 3 is 2.75 bits per heavy atom. The average Bonchev–Trinajstić information content (AvgIpc) is 2.62. The van der Waals surface area contributed by atoms with Crippen molar-refractivity contribution in [1.82, 2.24) is 4.98 Å². The number of aromatic carboxylic acids is 1. The van der Waals surface area contributed by atoms with Crippen LogP contribution in [0.3, 0.4) is 0 Å². The van der Waals surface area contributed by atoms with Crippen LogP contribution in [-0.4, -0.2) is 42.4 Å². The number of carbonyl (C=O) groups is 1. The van der Waals surface area contributed by atoms with Crippen molar-refractivity contribution in [1.29, 1.82) is 0 Å². The lowest BCUT2D eigenvalue weighted by Crippen LogP contribution is -2.41. The number of piperidine rings is 1. The van der Waals surface area contributed by atoms with Gasteiger partial charge in [-0.1, -0.05) is 18.2 Å². The van der Waals surface area contributed by atoms with Crippen molar-refractivity contribution in [3.63, 3.8) is 0 Å². The number of hydrogen-bond donors (Lipinski definition) is 1. The van der Waals surface area contributed by atoms with Crippen LogP contribution in [0.15, 0.2) is 42.5 Å². The fraction of sp³-hybridized carbons (Fsp3) is 0.333. The number of carboxylic acid groups (broad SMARTS) is 1. The van der Waals surface area contributed by atoms with E-state index in [2.05, 4.69) is 9.88 Å². The average molecular weight is 328 g/mol. The van der Waals surface area contributed by atoms with Crippen molar-refractivity contribution in [3.8, 4) is 11.5 Å². The standard InChI is InChI=1S/C18H20N2O4/c1-23-15-8-2-3-9-16(15)24-13-6-5-11-20(12-13)17-10-4-7-14(19-17)18(21)22/h2-4,7-10,13H,5-6,11-12H2,1H3,(H,21,22). The molecule has 0 radical (unpaired) electrons. The van der Waals surface area contributed by atoms with Crippen molar-refractivity contribution >= 4 is 11.8 Å². The molecule has 0 amide bonds. The fourth-order valence-electron chi connectivity index (χ4n) is 2.86. The topological polar surface area (TPSA) is 71.9 Å². The molecule has 1 N–H and O–H groups in total. The number of nitrogens with zero attached hydrogens (tertiary/aromatic N) is 2. The normalized spacial score (nSPS) is 17.4. The van der Waals surface area contributed by atoms with Crippen LogP contribution in [0.2, 0.25) is 0 Å². The van der Waals surface area contributed by atoms with E-state index in [9.17, 15) is 4.79 Å². The summed E-state index contributed by atoms with van der Waals surface area (Å²) in [7, 11) is 1.62. The maximum atomic E-state index is 11.1. The number of aromatic nitrogens is 1. The molecular weight excluding hydrogens is 308 g/mol. The van der Waals surface area contributed by atoms with Crippen molar-refractivity contribution < 1.29 is 19.4 Å². The highest BCUT2D eigenvalue weighted by atomic mass is 16.5. The SMILES string of the molecule is COc1ccccc1OC1CCCN(c2cccc(C(=O)O)n2)C1. The molecule has 1 aromatic carbocycles. The largest absolute Gasteiger partial charge is 0.493 e. The number of carboxylic acids is 1. The summed E-state index contributed by atoms with van der Waals surface area (Å²) in [5.41, 5.74) is 0.0558. The zero-order valence-corrected chi connectivity index (χ0v) is 13.5. The van der Waals surface area contributed by atoms with Crippen LogP contribution in [0.4, 0.5) is 5.82 Å². The molecule has 0 aliphatic carbocycles. The Morgan fingerprint density at radius 2 is 2.00 bits per heavy atom. The molecule has 3 rings (SSSR count). The summed E-state index contributed by atoms with van der Waals surface area (Å²) in [6.07, 6.45) is 1.90. The maximum Gasteiger partial charge on any atom is 0.354 e. The lowest BCUT2D eigenvalue weighted by Gasteiger charge is -2.34. The van der Waals surface area contributed by atoms with Crippen molar-refractivity contribution in [2.24, 2.45) is 0 Å². The first-order valence-electron chi connectivity index (χ1n) is 7.92. The molecule has 1 aliphatic rings. The van der Waals surface area contributed by atoms with Crippen LogP contribution >= 0.6 is 0 Å². The molecule has 1 saturated heterocycles. The van der Waals surface area contributed by atoms with E-state index in [1.54, 1.807) is 13.2 Å². The molecule has 0 bridgehead atoms. The second kappa shape index (κ2) is 7.21. The first-order valence-corrected chi connectivity index (χ1v) is 7.92. The molecule has 1 aromatic heterocycles. The second-order valence-electron chi connectivity index (χ2n) is 5.67. The number of methoxy groups -OCH3 is 1. The van der Waals surface area contributed by atoms with E-state index >= 15 is 0 Å². The summed E-state index contributed by atoms with van der Waals surface area (Å²) in [5.74, 6) is 1.08. The van der Waals surface area contributed by atoms with Gasteiger partial charge in [-0.3, -0.25) is 0 Å². The summed E-state index contributed by atoms with van der Waals surface area (Å²) < 4.78 is 11.4. The van der Waals surface area contributed by atoms with Crippen LogP contribution in [0.1, 0.15) is 23.3 Å². The van der Waals surface area contributed by atoms with Gasteiger partial charge in [-0.15, -0.1) is 0 Å². The summed E-state index contributed by atoms with van der Waals surface area (Å²) >= 11 is 0. The van der Waals surface area contributed by atoms with E-state index in [1.165, 1.54) is 6.07 Å². The number of hydrogen-bond acceptors (Lipinski definition) is 5. The zero-order valence-electron chi connectivity index (χ0n) is 13.5. The van der Waals surface area contributed by atoms with Gasteiger partial charge < -0.3 is 19.5 Å². The van der Waals surface area contributed by atoms with E-state index in [0.29, 0.717) is 18.1 Å². The van der Waals surface area contributed by atoms with Crippen LogP contribution in [0.5, 0.6) is 11.5 Å². The number of benzene rings is 1. The summed E-state index contributed by atoms with van der Waals surface area (Å²) in [6, 6.07) is 12.6. The quantitative estimate of drug-likeness (QED) is 0.910. The predicted octanol–water partition coefficient (Wildman–Crippen LogP) is 2.84. The predicted molar refractivity (Wildman–Crippen MR) is 90.1 cm³/mol. The van der Waals surface area contributed by atoms with Crippen LogP contribution < -0.4 is 14.4 Å². The molecule has 24 heavy (non-hydrogen) atoms. The lowest BCUT2D eigenvalue weighted by atomic mass is 10.1. The first kappa shape index (κ1) is 16.1. The van der Waals surface area contributed by atoms with Gasteiger partial charge in [0.1, 0.15) is 11.9 Å². The molecule has 0 saturated carbocycles. The van der Waals surface area contributed by atoms with Crippen molar-refractivity contribution in [3.05, 3.63) is 48.2 Å². The number of anilines is 1. The van der Waals surface area contributed by atoms with E-state index < -0.39 is 5.97 Å². The van der Waals surface area contributed by atoms with Gasteiger partial charge in [0.2, 0.25) is 0 Å². The van der Waals surface area contributed by atoms with Crippen LogP contribution in [0.25, 0.3) is 0 Å². The van der Waals surface area contributed by atoms with E-state index in [0.717, 1.165) is 25.1 Å². The highest BCUT2D eigenvalue weighted by Crippen LogP contribution is 2.29. The maximum absolute atomic E-state index is 11.1. The summed E-state index contributed by atoms with van der Waals surface area (Å²) in [6.45, 7) is 1.50. The molecule has 1 fully saturated rings. The molecule has 6 nitrogen and oxygen atoms in total. The van der Waals surface area contributed by atoms with Gasteiger partial charge in [-0.05, 0) is 37.1 Å². The Labute approximate surface area is 140 Å². The minimum atomic E-state index is -1.02. The van der Waals surface area contributed by atoms with Gasteiger partial charge in [-0.25, -0.2) is 9.78 Å². The van der Waals surface area contributed by atoms with Gasteiger partial charge in [-0.2, -0.15) is 0 Å². The molecule has 1 unspecified atom stereocenters. The molecule has 6 heteroatoms. The molecule has 1 aliphatic heterocycles. The van der Waals surface area contributed by atoms with Gasteiger partial charge in [0.25, 0.3) is 0 Å². The monoisotopic (exact) mass is 328 g/mol. The Bertz CT molecular complexity index is 720. The summed E-state index contributed by atoms with van der Waals surface area (Å²) in [5, 5.41) is 9.09. The van der Waals surface area contributed by atoms with Gasteiger partial charge >= 0.3 is 5.97 Å². The molecule has 2 aromatic rings. The second-order valence-corrected chi connectivity index (χ2v) is 5.67. The highest BCUT2D eigenvalue weighted by molar-refractivity contribution is 5.85. The third-order valence-corrected chi connectivity index (χ3v) is 4.02. The zero-order chi connectivity index (χ0) is 16.9. The van der Waals surface area contributed by atoms with Gasteiger partial charge in [0.05, 0.1) is 13.7 Å². The van der Waals surface area contributed by atoms with E-state index in [4.69, 9.17) is 14.6 Å². The number of ether oxygens (including phenoxy) is 2. The lowest BCUT2D eigenvalue weighted by molar-refractivity contribution is 0.0690. The highest BCUT2D eigenvalue weighted by Gasteiger charge is 2.23. The van der Waals surface area contributed by atoms with Gasteiger partial charge in [0.15, 0.2) is 17.2 Å². The van der Waals surface area contributed by atoms with E-state index in [1.807, 2.05) is 30.3 Å². The first-order chi connectivity index (χ1) is 11.7. The Kier molecular flexibility index (Phi) is 4.84. The molecule has 2 heterocycles. The molecule has 126 valence electrons. The van der Waals surface area contributed by atoms with E-state index in [-0.39, 0.29) is 11.8 Å². The Morgan fingerprint density at radius 1 is 1.21 bits per heavy atom. The third kappa shape index (κ3) is 3.59. The smallest absolute Gasteiger partial charge is 0.354 e. The fourth-order valence-corrected chi connectivity index (χ4v) is 2.86. The molecule has 0 spiro atoms. The van der Waals surface area contributed by atoms with Crippen LogP contribution in [-0.2, 0) is 0 Å². The number of para-hydroxylation sites is 2.